The fourth-order valence-electron chi connectivity index (χ4n) is 4.16. The Bertz CT molecular complexity index is 1120. The largest absolute Gasteiger partial charge is 0.363 e. The van der Waals surface area contributed by atoms with Crippen LogP contribution in [0.5, 0.6) is 0 Å². The lowest BCUT2D eigenvalue weighted by Gasteiger charge is -2.40. The highest BCUT2D eigenvalue weighted by Gasteiger charge is 2.30. The van der Waals surface area contributed by atoms with Crippen molar-refractivity contribution in [2.75, 3.05) is 31.1 Å². The van der Waals surface area contributed by atoms with Gasteiger partial charge in [0.05, 0.1) is 22.0 Å². The van der Waals surface area contributed by atoms with Gasteiger partial charge in [-0.1, -0.05) is 24.3 Å². The zero-order chi connectivity index (χ0) is 23.5. The van der Waals surface area contributed by atoms with E-state index in [0.717, 1.165) is 17.2 Å². The Morgan fingerprint density at radius 1 is 0.727 bits per heavy atom. The molecule has 0 radical (unpaired) electrons. The molecule has 0 N–H and O–H groups in total. The average molecular weight is 454 g/mol. The highest BCUT2D eigenvalue weighted by molar-refractivity contribution is 5.67. The number of rotatable bonds is 6. The lowest BCUT2D eigenvalue weighted by atomic mass is 9.96. The first-order chi connectivity index (χ1) is 15.8. The molecule has 1 aliphatic heterocycles. The fraction of sp³-hybridized carbons (Fsp3) is 0.217. The van der Waals surface area contributed by atoms with E-state index >= 15 is 0 Å². The number of nitrogens with zero attached hydrogens (tertiary/aromatic N) is 4. The number of hydrogen-bond acceptors (Lipinski definition) is 6. The second-order valence-corrected chi connectivity index (χ2v) is 7.72. The summed E-state index contributed by atoms with van der Waals surface area (Å²) in [6, 6.07) is 15.7. The number of non-ortho nitro benzene ring substituents is 1. The van der Waals surface area contributed by atoms with Crippen molar-refractivity contribution in [2.24, 2.45) is 0 Å². The predicted molar refractivity (Wildman–Crippen MR) is 118 cm³/mol. The van der Waals surface area contributed by atoms with Gasteiger partial charge in [-0.05, 0) is 41.5 Å². The van der Waals surface area contributed by atoms with Gasteiger partial charge in [-0.25, -0.2) is 8.78 Å². The first kappa shape index (κ1) is 22.3. The zero-order valence-electron chi connectivity index (χ0n) is 17.4. The topological polar surface area (TPSA) is 92.8 Å². The van der Waals surface area contributed by atoms with E-state index in [-0.39, 0.29) is 29.1 Å². The first-order valence-electron chi connectivity index (χ1n) is 10.3. The van der Waals surface area contributed by atoms with Crippen molar-refractivity contribution in [3.8, 4) is 0 Å². The molecule has 33 heavy (non-hydrogen) atoms. The van der Waals surface area contributed by atoms with E-state index < -0.39 is 9.85 Å². The number of benzene rings is 3. The smallest absolute Gasteiger partial charge is 0.299 e. The summed E-state index contributed by atoms with van der Waals surface area (Å²) in [5.74, 6) is -0.709. The second kappa shape index (κ2) is 9.29. The summed E-state index contributed by atoms with van der Waals surface area (Å²) in [5.41, 5.74) is 1.36. The molecule has 3 aromatic carbocycles. The minimum Gasteiger partial charge on any atom is -0.363 e. The summed E-state index contributed by atoms with van der Waals surface area (Å²) in [6.45, 7) is 1.93. The van der Waals surface area contributed by atoms with E-state index in [0.29, 0.717) is 31.9 Å². The van der Waals surface area contributed by atoms with Crippen LogP contribution in [0.25, 0.3) is 0 Å². The summed E-state index contributed by atoms with van der Waals surface area (Å²) in [5, 5.41) is 22.5. The monoisotopic (exact) mass is 454 g/mol. The fourth-order valence-corrected chi connectivity index (χ4v) is 4.16. The minimum absolute atomic E-state index is 0.250. The third-order valence-electron chi connectivity index (χ3n) is 5.76. The lowest BCUT2D eigenvalue weighted by molar-refractivity contribution is -0.393. The molecule has 0 amide bonds. The molecule has 1 heterocycles. The van der Waals surface area contributed by atoms with Gasteiger partial charge in [0.1, 0.15) is 17.3 Å². The molecule has 1 saturated heterocycles. The molecule has 0 saturated carbocycles. The summed E-state index contributed by atoms with van der Waals surface area (Å²) in [7, 11) is 0. The van der Waals surface area contributed by atoms with E-state index in [2.05, 4.69) is 4.90 Å². The van der Waals surface area contributed by atoms with Crippen LogP contribution in [0.15, 0.2) is 66.7 Å². The summed E-state index contributed by atoms with van der Waals surface area (Å²) < 4.78 is 27.0. The molecular weight excluding hydrogens is 434 g/mol. The molecule has 0 bridgehead atoms. The maximum absolute atomic E-state index is 13.5. The Morgan fingerprint density at radius 2 is 1.24 bits per heavy atom. The highest BCUT2D eigenvalue weighted by atomic mass is 19.1. The highest BCUT2D eigenvalue weighted by Crippen LogP contribution is 2.35. The average Bonchev–Trinajstić information content (AvgIpc) is 2.81. The number of hydrogen-bond donors (Lipinski definition) is 0. The molecular formula is C23H20F2N4O4. The van der Waals surface area contributed by atoms with Crippen LogP contribution >= 0.6 is 0 Å². The van der Waals surface area contributed by atoms with Gasteiger partial charge in [-0.2, -0.15) is 0 Å². The molecule has 1 aliphatic rings. The second-order valence-electron chi connectivity index (χ2n) is 7.72. The van der Waals surface area contributed by atoms with Gasteiger partial charge in [0.15, 0.2) is 0 Å². The molecule has 10 heteroatoms. The van der Waals surface area contributed by atoms with E-state index in [4.69, 9.17) is 0 Å². The van der Waals surface area contributed by atoms with Crippen molar-refractivity contribution in [3.05, 3.63) is 110 Å². The van der Waals surface area contributed by atoms with Crippen LogP contribution in [0.1, 0.15) is 17.2 Å². The van der Waals surface area contributed by atoms with E-state index in [9.17, 15) is 29.0 Å². The van der Waals surface area contributed by atoms with Gasteiger partial charge in [-0.3, -0.25) is 25.1 Å². The maximum Gasteiger partial charge on any atom is 0.299 e. The van der Waals surface area contributed by atoms with Crippen molar-refractivity contribution >= 4 is 17.1 Å². The van der Waals surface area contributed by atoms with Crippen LogP contribution in [-0.4, -0.2) is 40.9 Å². The molecule has 0 aromatic heterocycles. The number of piperazine rings is 1. The molecule has 3 aromatic rings. The molecule has 170 valence electrons. The Balaban J connectivity index is 1.59. The third-order valence-corrected chi connectivity index (χ3v) is 5.76. The molecule has 0 aliphatic carbocycles. The molecule has 4 rings (SSSR count). The van der Waals surface area contributed by atoms with Crippen LogP contribution in [0.3, 0.4) is 0 Å². The molecule has 0 unspecified atom stereocenters. The van der Waals surface area contributed by atoms with Crippen molar-refractivity contribution in [2.45, 2.75) is 6.04 Å². The van der Waals surface area contributed by atoms with Gasteiger partial charge < -0.3 is 4.90 Å². The Kier molecular flexibility index (Phi) is 6.27. The number of anilines is 1. The third kappa shape index (κ3) is 4.80. The predicted octanol–water partition coefficient (Wildman–Crippen LogP) is 4.69. The number of nitro benzene ring substituents is 2. The Morgan fingerprint density at radius 3 is 1.70 bits per heavy atom. The normalized spacial score (nSPS) is 14.5. The summed E-state index contributed by atoms with van der Waals surface area (Å²) >= 11 is 0. The maximum atomic E-state index is 13.5. The van der Waals surface area contributed by atoms with Crippen LogP contribution in [0.2, 0.25) is 0 Å². The van der Waals surface area contributed by atoms with Gasteiger partial charge in [0.25, 0.3) is 11.4 Å². The SMILES string of the molecule is O=[N+]([O-])c1ccc(N2CCN(C(c3ccc(F)cc3)c3ccc(F)cc3)CC2)c([N+](=O)[O-])c1. The van der Waals surface area contributed by atoms with E-state index in [1.54, 1.807) is 24.3 Å². The van der Waals surface area contributed by atoms with Gasteiger partial charge in [0.2, 0.25) is 0 Å². The number of nitro groups is 2. The zero-order valence-corrected chi connectivity index (χ0v) is 17.4. The number of halogens is 2. The van der Waals surface area contributed by atoms with Gasteiger partial charge in [0, 0.05) is 32.2 Å². The Labute approximate surface area is 188 Å². The van der Waals surface area contributed by atoms with E-state index in [1.165, 1.54) is 36.4 Å². The summed E-state index contributed by atoms with van der Waals surface area (Å²) in [4.78, 5) is 25.2. The molecule has 0 atom stereocenters. The molecule has 8 nitrogen and oxygen atoms in total. The molecule has 1 fully saturated rings. The van der Waals surface area contributed by atoms with Crippen molar-refractivity contribution in [3.63, 3.8) is 0 Å². The Hall–Kier alpha value is -3.92. The van der Waals surface area contributed by atoms with Gasteiger partial charge >= 0.3 is 0 Å². The quantitative estimate of drug-likeness (QED) is 0.396. The molecule has 0 spiro atoms. The van der Waals surface area contributed by atoms with Crippen molar-refractivity contribution < 1.29 is 18.6 Å². The van der Waals surface area contributed by atoms with Crippen molar-refractivity contribution in [1.29, 1.82) is 0 Å². The van der Waals surface area contributed by atoms with E-state index in [1.807, 2.05) is 4.90 Å². The van der Waals surface area contributed by atoms with Crippen molar-refractivity contribution in [1.82, 2.24) is 4.90 Å². The lowest BCUT2D eigenvalue weighted by Crippen LogP contribution is -2.48. The summed E-state index contributed by atoms with van der Waals surface area (Å²) in [6.07, 6.45) is 0. The van der Waals surface area contributed by atoms with Gasteiger partial charge in [-0.15, -0.1) is 0 Å². The minimum atomic E-state index is -0.662. The van der Waals surface area contributed by atoms with Crippen LogP contribution in [-0.2, 0) is 0 Å². The van der Waals surface area contributed by atoms with Crippen LogP contribution in [0.4, 0.5) is 25.8 Å². The van der Waals surface area contributed by atoms with Crippen LogP contribution < -0.4 is 4.90 Å². The standard InChI is InChI=1S/C23H20F2N4O4/c24-18-5-1-16(2-6-18)23(17-3-7-19(25)8-4-17)27-13-11-26(12-14-27)21-10-9-20(28(30)31)15-22(21)29(32)33/h1-10,15,23H,11-14H2. The first-order valence-corrected chi connectivity index (χ1v) is 10.3. The van der Waals surface area contributed by atoms with Crippen LogP contribution in [0, 0.1) is 31.9 Å².